The largest absolute Gasteiger partial charge is 0.382 e. The fourth-order valence-electron chi connectivity index (χ4n) is 2.63. The number of hydrogen-bond donors (Lipinski definition) is 1. The van der Waals surface area contributed by atoms with Crippen molar-refractivity contribution in [2.24, 2.45) is 0 Å². The highest BCUT2D eigenvalue weighted by Gasteiger charge is 2.21. The van der Waals surface area contributed by atoms with E-state index in [-0.39, 0.29) is 0 Å². The minimum absolute atomic E-state index is 0.585. The van der Waals surface area contributed by atoms with E-state index in [9.17, 15) is 0 Å². The predicted octanol–water partition coefficient (Wildman–Crippen LogP) is 1.50. The zero-order chi connectivity index (χ0) is 13.5. The van der Waals surface area contributed by atoms with E-state index in [4.69, 9.17) is 4.74 Å². The Bertz CT molecular complexity index is 366. The molecule has 0 radical (unpaired) electrons. The summed E-state index contributed by atoms with van der Waals surface area (Å²) in [6.45, 7) is 6.81. The summed E-state index contributed by atoms with van der Waals surface area (Å²) in [5.74, 6) is 1.11. The number of ether oxygens (including phenoxy) is 1. The Balaban J connectivity index is 1.90. The highest BCUT2D eigenvalue weighted by atomic mass is 16.5. The van der Waals surface area contributed by atoms with Crippen LogP contribution in [0.5, 0.6) is 0 Å². The lowest BCUT2D eigenvalue weighted by molar-refractivity contribution is 0.141. The normalized spacial score (nSPS) is 19.9. The summed E-state index contributed by atoms with van der Waals surface area (Å²) in [5.41, 5.74) is 0. The van der Waals surface area contributed by atoms with Crippen LogP contribution in [-0.2, 0) is 11.3 Å². The molecule has 0 amide bonds. The van der Waals surface area contributed by atoms with Crippen molar-refractivity contribution in [3.8, 4) is 0 Å². The molecule has 5 heteroatoms. The van der Waals surface area contributed by atoms with Crippen molar-refractivity contribution < 1.29 is 4.74 Å². The van der Waals surface area contributed by atoms with Gasteiger partial charge in [-0.15, -0.1) is 0 Å². The van der Waals surface area contributed by atoms with E-state index in [0.29, 0.717) is 6.04 Å². The fraction of sp³-hybridized carbons (Fsp3) is 0.786. The number of imidazole rings is 1. The molecule has 1 unspecified atom stereocenters. The van der Waals surface area contributed by atoms with Gasteiger partial charge in [0.05, 0.1) is 0 Å². The van der Waals surface area contributed by atoms with Gasteiger partial charge >= 0.3 is 0 Å². The highest BCUT2D eigenvalue weighted by molar-refractivity contribution is 5.32. The molecular weight excluding hydrogens is 240 g/mol. The van der Waals surface area contributed by atoms with Crippen molar-refractivity contribution in [1.82, 2.24) is 14.9 Å². The van der Waals surface area contributed by atoms with E-state index < -0.39 is 0 Å². The summed E-state index contributed by atoms with van der Waals surface area (Å²) in [6.07, 6.45) is 7.51. The molecule has 2 heterocycles. The Morgan fingerprint density at radius 2 is 2.42 bits per heavy atom. The van der Waals surface area contributed by atoms with Crippen molar-refractivity contribution in [2.75, 3.05) is 38.3 Å². The van der Waals surface area contributed by atoms with Gasteiger partial charge in [-0.05, 0) is 33.2 Å². The average molecular weight is 266 g/mol. The number of piperidine rings is 1. The van der Waals surface area contributed by atoms with E-state index in [1.165, 1.54) is 12.8 Å². The third-order valence-corrected chi connectivity index (χ3v) is 3.70. The Hall–Kier alpha value is -1.07. The van der Waals surface area contributed by atoms with E-state index in [1.54, 1.807) is 0 Å². The van der Waals surface area contributed by atoms with Crippen LogP contribution >= 0.6 is 0 Å². The molecule has 1 N–H and O–H groups in total. The molecule has 5 nitrogen and oxygen atoms in total. The molecule has 0 saturated carbocycles. The molecule has 0 spiro atoms. The molecule has 19 heavy (non-hydrogen) atoms. The lowest BCUT2D eigenvalue weighted by atomic mass is 10.1. The Morgan fingerprint density at radius 3 is 3.21 bits per heavy atom. The van der Waals surface area contributed by atoms with Crippen LogP contribution in [0.2, 0.25) is 0 Å². The molecular formula is C14H26N4O. The first-order chi connectivity index (χ1) is 9.35. The summed E-state index contributed by atoms with van der Waals surface area (Å²) in [5, 5.41) is 3.38. The van der Waals surface area contributed by atoms with Gasteiger partial charge in [0.25, 0.3) is 0 Å². The first kappa shape index (κ1) is 14.3. The quantitative estimate of drug-likeness (QED) is 0.760. The SMILES string of the molecule is CCOCCCn1ccnc1N1CCCC(NC)C1. The molecule has 1 fully saturated rings. The van der Waals surface area contributed by atoms with Gasteiger partial charge in [0, 0.05) is 51.3 Å². The van der Waals surface area contributed by atoms with Gasteiger partial charge < -0.3 is 19.5 Å². The number of aromatic nitrogens is 2. The lowest BCUT2D eigenvalue weighted by Gasteiger charge is -2.33. The van der Waals surface area contributed by atoms with Gasteiger partial charge in [-0.3, -0.25) is 0 Å². The molecule has 1 aliphatic heterocycles. The van der Waals surface area contributed by atoms with Gasteiger partial charge in [0.1, 0.15) is 0 Å². The number of nitrogens with one attached hydrogen (secondary N) is 1. The molecule has 1 aromatic heterocycles. The average Bonchev–Trinajstić information content (AvgIpc) is 2.92. The number of anilines is 1. The molecule has 0 bridgehead atoms. The van der Waals surface area contributed by atoms with Crippen molar-refractivity contribution in [1.29, 1.82) is 0 Å². The molecule has 1 aromatic rings. The van der Waals surface area contributed by atoms with Crippen molar-refractivity contribution in [3.05, 3.63) is 12.4 Å². The van der Waals surface area contributed by atoms with Gasteiger partial charge in [0.15, 0.2) is 0 Å². The van der Waals surface area contributed by atoms with Crippen LogP contribution in [0.15, 0.2) is 12.4 Å². The number of aryl methyl sites for hydroxylation is 1. The zero-order valence-electron chi connectivity index (χ0n) is 12.1. The summed E-state index contributed by atoms with van der Waals surface area (Å²) in [4.78, 5) is 6.92. The van der Waals surface area contributed by atoms with E-state index >= 15 is 0 Å². The summed E-state index contributed by atoms with van der Waals surface area (Å²) >= 11 is 0. The first-order valence-electron chi connectivity index (χ1n) is 7.36. The number of nitrogens with zero attached hydrogens (tertiary/aromatic N) is 3. The second-order valence-corrected chi connectivity index (χ2v) is 5.04. The molecule has 1 atom stereocenters. The van der Waals surface area contributed by atoms with Crippen LogP contribution in [0.1, 0.15) is 26.2 Å². The Morgan fingerprint density at radius 1 is 1.53 bits per heavy atom. The van der Waals surface area contributed by atoms with Crippen LogP contribution in [0.25, 0.3) is 0 Å². The molecule has 0 aliphatic carbocycles. The van der Waals surface area contributed by atoms with Crippen LogP contribution < -0.4 is 10.2 Å². The number of likely N-dealkylation sites (N-methyl/N-ethyl adjacent to an activating group) is 1. The number of hydrogen-bond acceptors (Lipinski definition) is 4. The van der Waals surface area contributed by atoms with Crippen molar-refractivity contribution >= 4 is 5.95 Å². The number of rotatable bonds is 7. The van der Waals surface area contributed by atoms with Gasteiger partial charge in [-0.25, -0.2) is 4.98 Å². The van der Waals surface area contributed by atoms with Crippen LogP contribution in [0, 0.1) is 0 Å². The first-order valence-corrected chi connectivity index (χ1v) is 7.36. The smallest absolute Gasteiger partial charge is 0.205 e. The maximum atomic E-state index is 5.39. The lowest BCUT2D eigenvalue weighted by Crippen LogP contribution is -2.45. The maximum Gasteiger partial charge on any atom is 0.205 e. The van der Waals surface area contributed by atoms with E-state index in [2.05, 4.69) is 26.0 Å². The highest BCUT2D eigenvalue weighted by Crippen LogP contribution is 2.18. The second-order valence-electron chi connectivity index (χ2n) is 5.04. The van der Waals surface area contributed by atoms with Gasteiger partial charge in [-0.2, -0.15) is 0 Å². The fourth-order valence-corrected chi connectivity index (χ4v) is 2.63. The zero-order valence-corrected chi connectivity index (χ0v) is 12.1. The monoisotopic (exact) mass is 266 g/mol. The van der Waals surface area contributed by atoms with Gasteiger partial charge in [0.2, 0.25) is 5.95 Å². The third kappa shape index (κ3) is 3.94. The standard InChI is InChI=1S/C14H26N4O/c1-3-19-11-5-9-17-10-7-16-14(17)18-8-4-6-13(12-18)15-2/h7,10,13,15H,3-6,8-9,11-12H2,1-2H3. The Kier molecular flexibility index (Phi) is 5.66. The van der Waals surface area contributed by atoms with Crippen LogP contribution in [0.3, 0.4) is 0 Å². The Labute approximate surface area is 116 Å². The summed E-state index contributed by atoms with van der Waals surface area (Å²) in [6, 6.07) is 0.585. The molecule has 0 aromatic carbocycles. The predicted molar refractivity (Wildman–Crippen MR) is 77.6 cm³/mol. The van der Waals surface area contributed by atoms with Gasteiger partial charge in [-0.1, -0.05) is 0 Å². The van der Waals surface area contributed by atoms with Crippen LogP contribution in [-0.4, -0.2) is 48.9 Å². The molecule has 1 aliphatic rings. The minimum atomic E-state index is 0.585. The van der Waals surface area contributed by atoms with Crippen LogP contribution in [0.4, 0.5) is 5.95 Å². The second kappa shape index (κ2) is 7.50. The van der Waals surface area contributed by atoms with E-state index in [0.717, 1.165) is 45.2 Å². The molecule has 108 valence electrons. The van der Waals surface area contributed by atoms with Crippen molar-refractivity contribution in [2.45, 2.75) is 38.8 Å². The maximum absolute atomic E-state index is 5.39. The summed E-state index contributed by atoms with van der Waals surface area (Å²) < 4.78 is 7.64. The minimum Gasteiger partial charge on any atom is -0.382 e. The van der Waals surface area contributed by atoms with E-state index in [1.807, 2.05) is 20.2 Å². The van der Waals surface area contributed by atoms with Crippen molar-refractivity contribution in [3.63, 3.8) is 0 Å². The third-order valence-electron chi connectivity index (χ3n) is 3.70. The molecule has 2 rings (SSSR count). The molecule has 1 saturated heterocycles. The topological polar surface area (TPSA) is 42.3 Å². The summed E-state index contributed by atoms with van der Waals surface area (Å²) in [7, 11) is 2.04.